The van der Waals surface area contributed by atoms with Crippen LogP contribution in [-0.2, 0) is 4.79 Å². The Hall–Kier alpha value is -1.64. The van der Waals surface area contributed by atoms with Crippen LogP contribution in [0.2, 0.25) is 0 Å². The van der Waals surface area contributed by atoms with Gasteiger partial charge in [-0.1, -0.05) is 0 Å². The zero-order valence-electron chi connectivity index (χ0n) is 14.2. The van der Waals surface area contributed by atoms with Gasteiger partial charge in [0.05, 0.1) is 15.5 Å². The molecule has 0 aliphatic carbocycles. The van der Waals surface area contributed by atoms with E-state index in [0.717, 1.165) is 40.2 Å². The van der Waals surface area contributed by atoms with E-state index in [0.29, 0.717) is 23.5 Å². The molecule has 2 N–H and O–H groups in total. The summed E-state index contributed by atoms with van der Waals surface area (Å²) >= 11 is 3.24. The molecule has 3 aliphatic heterocycles. The number of pyridine rings is 1. The molecule has 3 saturated heterocycles. The Bertz CT molecular complexity index is 883. The Morgan fingerprint density at radius 3 is 3.04 bits per heavy atom. The standard InChI is InChI=1S/C18H20N4O2S2/c23-16-9-25-4-3-22(16)17-6-10-5-14(19-8-15(10)26-17)18(24)21-13-7-11-1-2-12(13)20-11/h5-6,8,11-13,20H,1-4,7,9H2,(H,21,24)/t11-,12+,13-/m1/s1. The van der Waals surface area contributed by atoms with Crippen LogP contribution in [0.3, 0.4) is 0 Å². The molecule has 3 fully saturated rings. The second-order valence-electron chi connectivity index (χ2n) is 7.15. The minimum atomic E-state index is -0.107. The van der Waals surface area contributed by atoms with Gasteiger partial charge >= 0.3 is 0 Å². The van der Waals surface area contributed by atoms with Crippen LogP contribution in [0.5, 0.6) is 0 Å². The molecule has 5 rings (SSSR count). The monoisotopic (exact) mass is 388 g/mol. The second kappa shape index (κ2) is 6.51. The summed E-state index contributed by atoms with van der Waals surface area (Å²) in [4.78, 5) is 31.0. The van der Waals surface area contributed by atoms with Crippen LogP contribution in [0.4, 0.5) is 5.00 Å². The molecule has 26 heavy (non-hydrogen) atoms. The number of nitrogens with zero attached hydrogens (tertiary/aromatic N) is 2. The molecule has 0 spiro atoms. The highest BCUT2D eigenvalue weighted by molar-refractivity contribution is 8.00. The molecule has 3 atom stereocenters. The summed E-state index contributed by atoms with van der Waals surface area (Å²) in [6.45, 7) is 0.744. The van der Waals surface area contributed by atoms with Gasteiger partial charge in [-0.2, -0.15) is 11.8 Å². The van der Waals surface area contributed by atoms with Crippen LogP contribution < -0.4 is 15.5 Å². The molecule has 2 amide bonds. The lowest BCUT2D eigenvalue weighted by atomic mass is 9.95. The van der Waals surface area contributed by atoms with E-state index in [9.17, 15) is 9.59 Å². The summed E-state index contributed by atoms with van der Waals surface area (Å²) in [7, 11) is 0. The molecule has 6 nitrogen and oxygen atoms in total. The predicted octanol–water partition coefficient (Wildman–Crippen LogP) is 2.00. The highest BCUT2D eigenvalue weighted by Crippen LogP contribution is 2.34. The first kappa shape index (κ1) is 16.5. The number of amides is 2. The molecular weight excluding hydrogens is 368 g/mol. The minimum absolute atomic E-state index is 0.107. The number of fused-ring (bicyclic) bond motifs is 3. The highest BCUT2D eigenvalue weighted by atomic mass is 32.2. The van der Waals surface area contributed by atoms with Crippen molar-refractivity contribution in [2.45, 2.75) is 37.4 Å². The number of hydrogen-bond donors (Lipinski definition) is 2. The average Bonchev–Trinajstić information content (AvgIpc) is 3.36. The summed E-state index contributed by atoms with van der Waals surface area (Å²) in [5, 5.41) is 8.60. The van der Waals surface area contributed by atoms with Crippen LogP contribution in [0.25, 0.3) is 10.1 Å². The SMILES string of the molecule is O=C(N[C@@H]1C[C@H]2CC[C@@H]1N2)c1cc2cc(N3CCSCC3=O)sc2cn1. The van der Waals surface area contributed by atoms with Crippen LogP contribution >= 0.6 is 23.1 Å². The fourth-order valence-electron chi connectivity index (χ4n) is 4.17. The van der Waals surface area contributed by atoms with E-state index in [1.54, 1.807) is 29.3 Å². The Labute approximate surface area is 159 Å². The van der Waals surface area contributed by atoms with Gasteiger partial charge in [0.15, 0.2) is 0 Å². The first-order chi connectivity index (χ1) is 12.7. The number of anilines is 1. The van der Waals surface area contributed by atoms with Crippen molar-refractivity contribution < 1.29 is 9.59 Å². The number of hydrogen-bond acceptors (Lipinski definition) is 6. The van der Waals surface area contributed by atoms with Gasteiger partial charge in [0.2, 0.25) is 5.91 Å². The minimum Gasteiger partial charge on any atom is -0.346 e. The lowest BCUT2D eigenvalue weighted by Crippen LogP contribution is -2.43. The van der Waals surface area contributed by atoms with Gasteiger partial charge in [-0.25, -0.2) is 4.98 Å². The number of thiophene rings is 1. The number of rotatable bonds is 3. The first-order valence-corrected chi connectivity index (χ1v) is 11.0. The maximum atomic E-state index is 12.6. The molecule has 3 aliphatic rings. The molecule has 2 aromatic rings. The van der Waals surface area contributed by atoms with E-state index in [-0.39, 0.29) is 17.9 Å². The number of carbonyl (C=O) groups is 2. The van der Waals surface area contributed by atoms with E-state index >= 15 is 0 Å². The quantitative estimate of drug-likeness (QED) is 0.841. The Morgan fingerprint density at radius 2 is 2.27 bits per heavy atom. The van der Waals surface area contributed by atoms with Crippen molar-refractivity contribution in [3.05, 3.63) is 24.0 Å². The molecule has 2 aromatic heterocycles. The third-order valence-electron chi connectivity index (χ3n) is 5.49. The third kappa shape index (κ3) is 2.90. The smallest absolute Gasteiger partial charge is 0.270 e. The summed E-state index contributed by atoms with van der Waals surface area (Å²) in [5.74, 6) is 1.55. The number of carbonyl (C=O) groups excluding carboxylic acids is 2. The van der Waals surface area contributed by atoms with Gasteiger partial charge in [0, 0.05) is 36.6 Å². The zero-order valence-corrected chi connectivity index (χ0v) is 15.9. The summed E-state index contributed by atoms with van der Waals surface area (Å²) in [5.41, 5.74) is 0.449. The van der Waals surface area contributed by atoms with E-state index in [4.69, 9.17) is 0 Å². The molecule has 0 saturated carbocycles. The van der Waals surface area contributed by atoms with Gasteiger partial charge in [-0.15, -0.1) is 11.3 Å². The van der Waals surface area contributed by atoms with Crippen molar-refractivity contribution in [3.63, 3.8) is 0 Å². The third-order valence-corrected chi connectivity index (χ3v) is 7.52. The molecule has 5 heterocycles. The predicted molar refractivity (Wildman–Crippen MR) is 105 cm³/mol. The fraction of sp³-hybridized carbons (Fsp3) is 0.500. The Morgan fingerprint density at radius 1 is 1.35 bits per heavy atom. The van der Waals surface area contributed by atoms with Crippen molar-refractivity contribution in [1.82, 2.24) is 15.6 Å². The van der Waals surface area contributed by atoms with Crippen LogP contribution in [-0.4, -0.2) is 53.0 Å². The molecular formula is C18H20N4O2S2. The summed E-state index contributed by atoms with van der Waals surface area (Å²) in [6, 6.07) is 5.02. The topological polar surface area (TPSA) is 74.3 Å². The van der Waals surface area contributed by atoms with Crippen molar-refractivity contribution >= 4 is 50.0 Å². The van der Waals surface area contributed by atoms with Crippen LogP contribution in [0.1, 0.15) is 29.8 Å². The Kier molecular flexibility index (Phi) is 4.14. The van der Waals surface area contributed by atoms with E-state index in [1.165, 1.54) is 6.42 Å². The molecule has 0 aromatic carbocycles. The van der Waals surface area contributed by atoms with E-state index < -0.39 is 0 Å². The van der Waals surface area contributed by atoms with E-state index in [2.05, 4.69) is 15.6 Å². The van der Waals surface area contributed by atoms with Crippen molar-refractivity contribution in [1.29, 1.82) is 0 Å². The maximum absolute atomic E-state index is 12.6. The molecule has 0 unspecified atom stereocenters. The maximum Gasteiger partial charge on any atom is 0.270 e. The fourth-order valence-corrected chi connectivity index (χ4v) is 6.01. The van der Waals surface area contributed by atoms with Gasteiger partial charge in [0.1, 0.15) is 5.69 Å². The normalized spacial score (nSPS) is 28.1. The second-order valence-corrected chi connectivity index (χ2v) is 9.32. The Balaban J connectivity index is 1.36. The van der Waals surface area contributed by atoms with Gasteiger partial charge in [0.25, 0.3) is 5.91 Å². The summed E-state index contributed by atoms with van der Waals surface area (Å²) in [6.07, 6.45) is 5.11. The zero-order chi connectivity index (χ0) is 17.7. The largest absolute Gasteiger partial charge is 0.346 e. The molecule has 0 radical (unpaired) electrons. The average molecular weight is 389 g/mol. The van der Waals surface area contributed by atoms with Crippen molar-refractivity contribution in [2.75, 3.05) is 23.0 Å². The molecule has 136 valence electrons. The van der Waals surface area contributed by atoms with E-state index in [1.807, 2.05) is 17.0 Å². The molecule has 2 bridgehead atoms. The van der Waals surface area contributed by atoms with Crippen LogP contribution in [0.15, 0.2) is 18.3 Å². The number of nitrogens with one attached hydrogen (secondary N) is 2. The lowest BCUT2D eigenvalue weighted by molar-refractivity contribution is -0.116. The van der Waals surface area contributed by atoms with Gasteiger partial charge in [-0.05, 0) is 36.8 Å². The van der Waals surface area contributed by atoms with Crippen molar-refractivity contribution in [3.8, 4) is 0 Å². The van der Waals surface area contributed by atoms with Gasteiger partial charge in [-0.3, -0.25) is 9.59 Å². The highest BCUT2D eigenvalue weighted by Gasteiger charge is 2.39. The van der Waals surface area contributed by atoms with Crippen LogP contribution in [0, 0.1) is 0 Å². The van der Waals surface area contributed by atoms with Crippen molar-refractivity contribution in [2.24, 2.45) is 0 Å². The number of aromatic nitrogens is 1. The lowest BCUT2D eigenvalue weighted by Gasteiger charge is -2.24. The molecule has 8 heteroatoms. The number of thioether (sulfide) groups is 1. The first-order valence-electron chi connectivity index (χ1n) is 9.02. The van der Waals surface area contributed by atoms with Gasteiger partial charge < -0.3 is 15.5 Å². The summed E-state index contributed by atoms with van der Waals surface area (Å²) < 4.78 is 1.00.